The molecule has 0 aliphatic heterocycles. The van der Waals surface area contributed by atoms with Crippen molar-refractivity contribution in [1.29, 1.82) is 5.26 Å². The lowest BCUT2D eigenvalue weighted by Crippen LogP contribution is -2.03. The van der Waals surface area contributed by atoms with Gasteiger partial charge in [-0.05, 0) is 19.3 Å². The molecule has 4 heteroatoms. The van der Waals surface area contributed by atoms with Crippen molar-refractivity contribution >= 4 is 0 Å². The van der Waals surface area contributed by atoms with Gasteiger partial charge in [0.1, 0.15) is 0 Å². The van der Waals surface area contributed by atoms with E-state index >= 15 is 0 Å². The minimum atomic E-state index is 0.391. The molecule has 1 saturated carbocycles. The molecule has 74 valence electrons. The molecule has 0 amide bonds. The molecule has 0 spiro atoms. The molecule has 0 atom stereocenters. The van der Waals surface area contributed by atoms with Crippen LogP contribution in [-0.2, 0) is 12.8 Å². The van der Waals surface area contributed by atoms with E-state index < -0.39 is 0 Å². The molecule has 1 aromatic heterocycles. The predicted octanol–water partition coefficient (Wildman–Crippen LogP) is 1.63. The Bertz CT molecular complexity index is 357. The fourth-order valence-electron chi connectivity index (χ4n) is 1.67. The first-order valence-corrected chi connectivity index (χ1v) is 5.16. The Morgan fingerprint density at radius 1 is 1.57 bits per heavy atom. The maximum absolute atomic E-state index is 8.65. The van der Waals surface area contributed by atoms with E-state index in [0.717, 1.165) is 18.5 Å². The fourth-order valence-corrected chi connectivity index (χ4v) is 1.67. The molecule has 0 N–H and O–H groups in total. The van der Waals surface area contributed by atoms with Crippen LogP contribution in [0.4, 0.5) is 0 Å². The summed E-state index contributed by atoms with van der Waals surface area (Å²) in [4.78, 5) is 0. The fraction of sp³-hybridized carbons (Fsp3) is 0.700. The largest absolute Gasteiger partial charge is 0.246 e. The second-order valence-corrected chi connectivity index (χ2v) is 3.74. The summed E-state index contributed by atoms with van der Waals surface area (Å²) in [7, 11) is 0. The van der Waals surface area contributed by atoms with Crippen molar-refractivity contribution in [2.24, 2.45) is 0 Å². The topological polar surface area (TPSA) is 54.5 Å². The van der Waals surface area contributed by atoms with Crippen LogP contribution >= 0.6 is 0 Å². The maximum atomic E-state index is 8.65. The maximum Gasteiger partial charge on any atom is 0.0999 e. The van der Waals surface area contributed by atoms with Crippen molar-refractivity contribution < 1.29 is 0 Å². The van der Waals surface area contributed by atoms with Crippen molar-refractivity contribution in [3.05, 3.63) is 11.4 Å². The summed E-state index contributed by atoms with van der Waals surface area (Å²) in [6, 6.07) is 2.71. The molecule has 1 aromatic rings. The van der Waals surface area contributed by atoms with Gasteiger partial charge in [-0.25, -0.2) is 4.68 Å². The summed E-state index contributed by atoms with van der Waals surface area (Å²) in [5, 5.41) is 16.9. The molecule has 0 aromatic carbocycles. The number of nitriles is 1. The average molecular weight is 190 g/mol. The Labute approximate surface area is 83.5 Å². The van der Waals surface area contributed by atoms with E-state index in [2.05, 4.69) is 23.3 Å². The molecule has 1 fully saturated rings. The van der Waals surface area contributed by atoms with Gasteiger partial charge in [0.05, 0.1) is 29.9 Å². The second-order valence-electron chi connectivity index (χ2n) is 3.74. The molecule has 4 nitrogen and oxygen atoms in total. The van der Waals surface area contributed by atoms with Gasteiger partial charge < -0.3 is 0 Å². The van der Waals surface area contributed by atoms with Crippen LogP contribution in [0.15, 0.2) is 0 Å². The molecule has 0 saturated heterocycles. The predicted molar refractivity (Wildman–Crippen MR) is 51.6 cm³/mol. The van der Waals surface area contributed by atoms with Gasteiger partial charge in [-0.15, -0.1) is 5.10 Å². The standard InChI is InChI=1S/C10H14N4/c1-2-3-10-9(6-7-11)12-13-14(10)8-4-5-8/h8H,2-6H2,1H3. The van der Waals surface area contributed by atoms with E-state index in [1.165, 1.54) is 18.5 Å². The molecular weight excluding hydrogens is 176 g/mol. The zero-order valence-corrected chi connectivity index (χ0v) is 8.40. The van der Waals surface area contributed by atoms with Crippen LogP contribution in [0.3, 0.4) is 0 Å². The summed E-state index contributed by atoms with van der Waals surface area (Å²) in [6.07, 6.45) is 4.89. The van der Waals surface area contributed by atoms with Gasteiger partial charge in [0.2, 0.25) is 0 Å². The van der Waals surface area contributed by atoms with Gasteiger partial charge >= 0.3 is 0 Å². The Morgan fingerprint density at radius 3 is 2.93 bits per heavy atom. The lowest BCUT2D eigenvalue weighted by Gasteiger charge is -2.03. The van der Waals surface area contributed by atoms with Crippen LogP contribution in [-0.4, -0.2) is 15.0 Å². The van der Waals surface area contributed by atoms with Gasteiger partial charge in [0.25, 0.3) is 0 Å². The number of aromatic nitrogens is 3. The minimum absolute atomic E-state index is 0.391. The van der Waals surface area contributed by atoms with E-state index in [4.69, 9.17) is 5.26 Å². The lowest BCUT2D eigenvalue weighted by molar-refractivity contribution is 0.578. The molecule has 0 unspecified atom stereocenters. The third kappa shape index (κ3) is 1.63. The third-order valence-corrected chi connectivity index (χ3v) is 2.50. The highest BCUT2D eigenvalue weighted by molar-refractivity contribution is 5.16. The van der Waals surface area contributed by atoms with Crippen LogP contribution in [0, 0.1) is 11.3 Å². The van der Waals surface area contributed by atoms with Crippen molar-refractivity contribution in [3.63, 3.8) is 0 Å². The van der Waals surface area contributed by atoms with Gasteiger partial charge in [0.15, 0.2) is 0 Å². The van der Waals surface area contributed by atoms with Crippen molar-refractivity contribution in [3.8, 4) is 6.07 Å². The van der Waals surface area contributed by atoms with Crippen molar-refractivity contribution in [2.75, 3.05) is 0 Å². The Balaban J connectivity index is 2.26. The Kier molecular flexibility index (Phi) is 2.49. The van der Waals surface area contributed by atoms with E-state index in [0.29, 0.717) is 12.5 Å². The Hall–Kier alpha value is -1.37. The quantitative estimate of drug-likeness (QED) is 0.725. The molecule has 1 aliphatic carbocycles. The third-order valence-electron chi connectivity index (χ3n) is 2.50. The van der Waals surface area contributed by atoms with E-state index in [1.807, 2.05) is 4.68 Å². The Morgan fingerprint density at radius 2 is 2.36 bits per heavy atom. The van der Waals surface area contributed by atoms with E-state index in [1.54, 1.807) is 0 Å². The second kappa shape index (κ2) is 3.79. The highest BCUT2D eigenvalue weighted by Gasteiger charge is 2.28. The number of hydrogen-bond donors (Lipinski definition) is 0. The first-order chi connectivity index (χ1) is 6.86. The number of hydrogen-bond acceptors (Lipinski definition) is 3. The highest BCUT2D eigenvalue weighted by Crippen LogP contribution is 2.35. The number of nitrogens with zero attached hydrogens (tertiary/aromatic N) is 4. The molecule has 0 radical (unpaired) electrons. The van der Waals surface area contributed by atoms with Gasteiger partial charge in [-0.1, -0.05) is 18.6 Å². The SMILES string of the molecule is CCCc1c(CC#N)nnn1C1CC1. The van der Waals surface area contributed by atoms with E-state index in [9.17, 15) is 0 Å². The highest BCUT2D eigenvalue weighted by atomic mass is 15.5. The summed E-state index contributed by atoms with van der Waals surface area (Å²) >= 11 is 0. The van der Waals surface area contributed by atoms with Crippen LogP contribution in [0.5, 0.6) is 0 Å². The lowest BCUT2D eigenvalue weighted by atomic mass is 10.2. The summed E-state index contributed by atoms with van der Waals surface area (Å²) in [5.74, 6) is 0. The zero-order chi connectivity index (χ0) is 9.97. The molecule has 2 rings (SSSR count). The summed E-state index contributed by atoms with van der Waals surface area (Å²) in [5.41, 5.74) is 2.05. The van der Waals surface area contributed by atoms with Crippen molar-refractivity contribution in [1.82, 2.24) is 15.0 Å². The van der Waals surface area contributed by atoms with Crippen LogP contribution in [0.25, 0.3) is 0 Å². The molecule has 1 heterocycles. The van der Waals surface area contributed by atoms with Crippen LogP contribution in [0.2, 0.25) is 0 Å². The molecule has 0 bridgehead atoms. The molecule has 1 aliphatic rings. The first-order valence-electron chi connectivity index (χ1n) is 5.16. The van der Waals surface area contributed by atoms with Crippen LogP contribution < -0.4 is 0 Å². The minimum Gasteiger partial charge on any atom is -0.246 e. The molecular formula is C10H14N4. The summed E-state index contributed by atoms with van der Waals surface area (Å²) in [6.45, 7) is 2.14. The van der Waals surface area contributed by atoms with E-state index in [-0.39, 0.29) is 0 Å². The van der Waals surface area contributed by atoms with Gasteiger partial charge in [-0.2, -0.15) is 5.26 Å². The normalized spacial score (nSPS) is 15.4. The van der Waals surface area contributed by atoms with Gasteiger partial charge in [-0.3, -0.25) is 0 Å². The van der Waals surface area contributed by atoms with Crippen molar-refractivity contribution in [2.45, 2.75) is 45.1 Å². The zero-order valence-electron chi connectivity index (χ0n) is 8.40. The first kappa shape index (κ1) is 9.20. The van der Waals surface area contributed by atoms with Gasteiger partial charge in [0, 0.05) is 0 Å². The average Bonchev–Trinajstić information content (AvgIpc) is 2.94. The molecule has 14 heavy (non-hydrogen) atoms. The monoisotopic (exact) mass is 190 g/mol. The smallest absolute Gasteiger partial charge is 0.0999 e. The number of rotatable bonds is 4. The summed E-state index contributed by atoms with van der Waals surface area (Å²) < 4.78 is 2.02. The van der Waals surface area contributed by atoms with Crippen LogP contribution in [0.1, 0.15) is 43.6 Å².